The van der Waals surface area contributed by atoms with Crippen LogP contribution in [-0.4, -0.2) is 63.8 Å². The minimum Gasteiger partial charge on any atom is -0.341 e. The van der Waals surface area contributed by atoms with Crippen molar-refractivity contribution < 1.29 is 9.59 Å². The van der Waals surface area contributed by atoms with E-state index in [9.17, 15) is 9.59 Å². The number of rotatable bonds is 12. The summed E-state index contributed by atoms with van der Waals surface area (Å²) in [4.78, 5) is 24.6. The summed E-state index contributed by atoms with van der Waals surface area (Å²) in [6.07, 6.45) is 6.19. The van der Waals surface area contributed by atoms with Crippen LogP contribution in [0.4, 0.5) is 9.59 Å². The van der Waals surface area contributed by atoms with E-state index in [-0.39, 0.29) is 12.1 Å². The van der Waals surface area contributed by atoms with Gasteiger partial charge in [-0.25, -0.2) is 9.59 Å². The number of carbonyl (C=O) groups excluding carboxylic acids is 2. The average molecular weight is 315 g/mol. The van der Waals surface area contributed by atoms with Crippen molar-refractivity contribution >= 4 is 12.1 Å². The Morgan fingerprint density at radius 2 is 1.27 bits per heavy atom. The third-order valence-electron chi connectivity index (χ3n) is 3.46. The molecule has 0 saturated heterocycles. The van der Waals surface area contributed by atoms with Gasteiger partial charge in [0.25, 0.3) is 0 Å². The first kappa shape index (κ1) is 20.5. The van der Waals surface area contributed by atoms with Crippen LogP contribution in [0.3, 0.4) is 0 Å². The minimum absolute atomic E-state index is 0.161. The topological polar surface area (TPSA) is 85.5 Å². The van der Waals surface area contributed by atoms with Gasteiger partial charge in [-0.3, -0.25) is 4.90 Å². The lowest BCUT2D eigenvalue weighted by molar-refractivity contribution is 0.231. The highest BCUT2D eigenvalue weighted by Crippen LogP contribution is 2.03. The van der Waals surface area contributed by atoms with Gasteiger partial charge in [-0.05, 0) is 13.0 Å². The maximum Gasteiger partial charge on any atom is 0.314 e. The molecule has 0 atom stereocenters. The van der Waals surface area contributed by atoms with Gasteiger partial charge in [-0.15, -0.1) is 0 Å². The maximum atomic E-state index is 11.2. The average Bonchev–Trinajstić information content (AvgIpc) is 2.53. The molecule has 7 nitrogen and oxygen atoms in total. The number of nitrogens with one attached hydrogen (secondary N) is 4. The van der Waals surface area contributed by atoms with Crippen molar-refractivity contribution in [2.75, 3.05) is 46.8 Å². The van der Waals surface area contributed by atoms with Gasteiger partial charge in [0, 0.05) is 40.3 Å². The smallest absolute Gasteiger partial charge is 0.314 e. The molecule has 0 aromatic heterocycles. The van der Waals surface area contributed by atoms with Crippen LogP contribution in [0, 0.1) is 0 Å². The van der Waals surface area contributed by atoms with Gasteiger partial charge in [0.1, 0.15) is 0 Å². The lowest BCUT2D eigenvalue weighted by atomic mass is 10.1. The van der Waals surface area contributed by atoms with E-state index < -0.39 is 0 Å². The van der Waals surface area contributed by atoms with E-state index in [1.807, 2.05) is 0 Å². The Balaban J connectivity index is 3.96. The summed E-state index contributed by atoms with van der Waals surface area (Å²) in [5.41, 5.74) is 0. The molecule has 0 aliphatic heterocycles. The zero-order valence-corrected chi connectivity index (χ0v) is 14.3. The first-order chi connectivity index (χ1) is 10.6. The maximum absolute atomic E-state index is 11.2. The zero-order chi connectivity index (χ0) is 16.6. The molecule has 4 N–H and O–H groups in total. The molecule has 0 spiro atoms. The van der Waals surface area contributed by atoms with Crippen LogP contribution < -0.4 is 21.3 Å². The summed E-state index contributed by atoms with van der Waals surface area (Å²) in [5, 5.41) is 10.7. The molecule has 0 aromatic carbocycles. The highest BCUT2D eigenvalue weighted by molar-refractivity contribution is 5.73. The Morgan fingerprint density at radius 3 is 1.73 bits per heavy atom. The van der Waals surface area contributed by atoms with Crippen molar-refractivity contribution in [2.45, 2.75) is 39.0 Å². The largest absolute Gasteiger partial charge is 0.341 e. The summed E-state index contributed by atoms with van der Waals surface area (Å²) in [6, 6.07) is -0.322. The molecule has 4 amide bonds. The first-order valence-corrected chi connectivity index (χ1v) is 8.27. The van der Waals surface area contributed by atoms with Crippen LogP contribution in [0.25, 0.3) is 0 Å². The summed E-state index contributed by atoms with van der Waals surface area (Å²) in [5.74, 6) is 0. The van der Waals surface area contributed by atoms with Crippen LogP contribution in [0.15, 0.2) is 0 Å². The van der Waals surface area contributed by atoms with Crippen LogP contribution in [0.2, 0.25) is 0 Å². The second-order valence-corrected chi connectivity index (χ2v) is 5.27. The van der Waals surface area contributed by atoms with Crippen LogP contribution >= 0.6 is 0 Å². The van der Waals surface area contributed by atoms with Crippen molar-refractivity contribution in [1.82, 2.24) is 26.2 Å². The van der Waals surface area contributed by atoms with Gasteiger partial charge in [0.15, 0.2) is 0 Å². The van der Waals surface area contributed by atoms with Crippen molar-refractivity contribution in [3.8, 4) is 0 Å². The summed E-state index contributed by atoms with van der Waals surface area (Å²) < 4.78 is 0. The van der Waals surface area contributed by atoms with E-state index in [4.69, 9.17) is 0 Å². The van der Waals surface area contributed by atoms with Gasteiger partial charge >= 0.3 is 12.1 Å². The Labute approximate surface area is 134 Å². The van der Waals surface area contributed by atoms with E-state index in [0.29, 0.717) is 13.1 Å². The number of nitrogens with zero attached hydrogens (tertiary/aromatic N) is 1. The molecule has 0 heterocycles. The zero-order valence-electron chi connectivity index (χ0n) is 14.3. The minimum atomic E-state index is -0.161. The van der Waals surface area contributed by atoms with E-state index in [1.165, 1.54) is 25.7 Å². The molecule has 0 rings (SSSR count). The predicted molar refractivity (Wildman–Crippen MR) is 90.1 cm³/mol. The molecule has 0 aliphatic carbocycles. The highest BCUT2D eigenvalue weighted by atomic mass is 16.2. The van der Waals surface area contributed by atoms with Crippen LogP contribution in [-0.2, 0) is 0 Å². The normalized spacial score (nSPS) is 10.4. The van der Waals surface area contributed by atoms with Crippen LogP contribution in [0.5, 0.6) is 0 Å². The molecular formula is C15H33N5O2. The fourth-order valence-corrected chi connectivity index (χ4v) is 2.11. The molecule has 0 radical (unpaired) electrons. The van der Waals surface area contributed by atoms with Gasteiger partial charge in [0.2, 0.25) is 0 Å². The Hall–Kier alpha value is -1.50. The Morgan fingerprint density at radius 1 is 0.773 bits per heavy atom. The second-order valence-electron chi connectivity index (χ2n) is 5.27. The summed E-state index contributed by atoms with van der Waals surface area (Å²) in [7, 11) is 3.21. The third-order valence-corrected chi connectivity index (χ3v) is 3.46. The number of amides is 4. The van der Waals surface area contributed by atoms with Crippen molar-refractivity contribution in [2.24, 2.45) is 0 Å². The Kier molecular flexibility index (Phi) is 13.5. The van der Waals surface area contributed by atoms with E-state index >= 15 is 0 Å². The SMILES string of the molecule is CCCCCCCN(CCNC(=O)NC)CCNC(=O)NC. The molecule has 0 aromatic rings. The van der Waals surface area contributed by atoms with Crippen molar-refractivity contribution in [3.05, 3.63) is 0 Å². The molecule has 0 unspecified atom stereocenters. The van der Waals surface area contributed by atoms with Gasteiger partial charge < -0.3 is 21.3 Å². The standard InChI is InChI=1S/C15H33N5O2/c1-4-5-6-7-8-11-20(12-9-18-14(21)16-2)13-10-19-15(22)17-3/h4-13H2,1-3H3,(H2,16,18,21)(H2,17,19,22). The first-order valence-electron chi connectivity index (χ1n) is 8.27. The number of hydrogen-bond acceptors (Lipinski definition) is 3. The molecule has 0 bridgehead atoms. The molecule has 0 fully saturated rings. The predicted octanol–water partition coefficient (Wildman–Crippen LogP) is 1.12. The number of hydrogen-bond donors (Lipinski definition) is 4. The monoisotopic (exact) mass is 315 g/mol. The molecule has 22 heavy (non-hydrogen) atoms. The molecule has 0 aliphatic rings. The quantitative estimate of drug-likeness (QED) is 0.407. The van der Waals surface area contributed by atoms with E-state index in [2.05, 4.69) is 33.1 Å². The van der Waals surface area contributed by atoms with Gasteiger partial charge in [-0.1, -0.05) is 32.6 Å². The van der Waals surface area contributed by atoms with Crippen molar-refractivity contribution in [3.63, 3.8) is 0 Å². The van der Waals surface area contributed by atoms with E-state index in [0.717, 1.165) is 26.1 Å². The summed E-state index contributed by atoms with van der Waals surface area (Å²) in [6.45, 7) is 5.99. The van der Waals surface area contributed by atoms with Gasteiger partial charge in [0.05, 0.1) is 0 Å². The highest BCUT2D eigenvalue weighted by Gasteiger charge is 2.06. The molecular weight excluding hydrogens is 282 g/mol. The second kappa shape index (κ2) is 14.4. The van der Waals surface area contributed by atoms with Gasteiger partial charge in [-0.2, -0.15) is 0 Å². The fraction of sp³-hybridized carbons (Fsp3) is 0.867. The number of carbonyl (C=O) groups is 2. The van der Waals surface area contributed by atoms with Crippen LogP contribution in [0.1, 0.15) is 39.0 Å². The molecule has 7 heteroatoms. The number of unbranched alkanes of at least 4 members (excludes halogenated alkanes) is 4. The third kappa shape index (κ3) is 12.3. The van der Waals surface area contributed by atoms with E-state index in [1.54, 1.807) is 14.1 Å². The lowest BCUT2D eigenvalue weighted by Gasteiger charge is -2.22. The summed E-state index contributed by atoms with van der Waals surface area (Å²) >= 11 is 0. The number of urea groups is 2. The lowest BCUT2D eigenvalue weighted by Crippen LogP contribution is -2.43. The molecule has 130 valence electrons. The Bertz CT molecular complexity index is 278. The van der Waals surface area contributed by atoms with Crippen molar-refractivity contribution in [1.29, 1.82) is 0 Å². The fourth-order valence-electron chi connectivity index (χ4n) is 2.11. The molecule has 0 saturated carbocycles.